The lowest BCUT2D eigenvalue weighted by molar-refractivity contribution is -0.161. The zero-order valence-electron chi connectivity index (χ0n) is 11.4. The summed E-state index contributed by atoms with van der Waals surface area (Å²) >= 11 is 0. The summed E-state index contributed by atoms with van der Waals surface area (Å²) in [5.74, 6) is -0.114. The van der Waals surface area contributed by atoms with Crippen LogP contribution in [-0.4, -0.2) is 61.9 Å². The third kappa shape index (κ3) is 2.39. The largest absolute Gasteiger partial charge is 0.465 e. The molecule has 0 spiro atoms. The Morgan fingerprint density at radius 2 is 2.33 bits per heavy atom. The number of nitrogens with zero attached hydrogens (tertiary/aromatic N) is 1. The van der Waals surface area contributed by atoms with Crippen molar-refractivity contribution < 1.29 is 14.3 Å². The Hall–Kier alpha value is -0.650. The first-order valence-electron chi connectivity index (χ1n) is 6.96. The van der Waals surface area contributed by atoms with Crippen molar-refractivity contribution in [3.05, 3.63) is 0 Å². The van der Waals surface area contributed by atoms with E-state index < -0.39 is 5.54 Å². The van der Waals surface area contributed by atoms with Gasteiger partial charge < -0.3 is 14.8 Å². The smallest absolute Gasteiger partial charge is 0.329 e. The van der Waals surface area contributed by atoms with Crippen LogP contribution in [0.4, 0.5) is 0 Å². The van der Waals surface area contributed by atoms with Gasteiger partial charge in [-0.3, -0.25) is 4.90 Å². The van der Waals surface area contributed by atoms with Crippen LogP contribution in [0, 0.1) is 0 Å². The van der Waals surface area contributed by atoms with Gasteiger partial charge in [-0.05, 0) is 26.8 Å². The van der Waals surface area contributed by atoms with Gasteiger partial charge in [0.15, 0.2) is 0 Å². The summed E-state index contributed by atoms with van der Waals surface area (Å²) in [6.07, 6.45) is 1.72. The summed E-state index contributed by atoms with van der Waals surface area (Å²) in [7, 11) is 0. The van der Waals surface area contributed by atoms with E-state index in [0.29, 0.717) is 13.2 Å². The van der Waals surface area contributed by atoms with E-state index in [-0.39, 0.29) is 12.1 Å². The molecule has 5 heteroatoms. The summed E-state index contributed by atoms with van der Waals surface area (Å²) in [6, 6.07) is 0. The predicted octanol–water partition coefficient (Wildman–Crippen LogP) is 0.392. The van der Waals surface area contributed by atoms with Crippen LogP contribution >= 0.6 is 0 Å². The van der Waals surface area contributed by atoms with Gasteiger partial charge in [0.25, 0.3) is 0 Å². The second-order valence-corrected chi connectivity index (χ2v) is 5.00. The highest BCUT2D eigenvalue weighted by Crippen LogP contribution is 2.34. The molecule has 104 valence electrons. The van der Waals surface area contributed by atoms with Crippen molar-refractivity contribution in [1.29, 1.82) is 0 Å². The Morgan fingerprint density at radius 1 is 1.50 bits per heavy atom. The molecule has 2 fully saturated rings. The Kier molecular flexibility index (Phi) is 4.59. The van der Waals surface area contributed by atoms with E-state index in [9.17, 15) is 4.79 Å². The van der Waals surface area contributed by atoms with E-state index in [2.05, 4.69) is 10.2 Å². The summed E-state index contributed by atoms with van der Waals surface area (Å²) in [5, 5.41) is 3.37. The Bertz CT molecular complexity index is 290. The van der Waals surface area contributed by atoms with Gasteiger partial charge in [-0.15, -0.1) is 0 Å². The molecular formula is C13H24N2O3. The van der Waals surface area contributed by atoms with E-state index in [4.69, 9.17) is 9.47 Å². The van der Waals surface area contributed by atoms with E-state index in [1.54, 1.807) is 0 Å². The topological polar surface area (TPSA) is 50.8 Å². The average molecular weight is 256 g/mol. The van der Waals surface area contributed by atoms with Gasteiger partial charge >= 0.3 is 5.97 Å². The second-order valence-electron chi connectivity index (χ2n) is 5.00. The van der Waals surface area contributed by atoms with E-state index in [1.165, 1.54) is 0 Å². The van der Waals surface area contributed by atoms with Crippen LogP contribution in [0.15, 0.2) is 0 Å². The fraction of sp³-hybridized carbons (Fsp3) is 0.923. The SMILES string of the molecule is CCOC(=O)C1(N2CCCNCC2)CCOC1C. The third-order valence-electron chi connectivity index (χ3n) is 4.06. The molecule has 18 heavy (non-hydrogen) atoms. The van der Waals surface area contributed by atoms with Crippen molar-refractivity contribution in [2.24, 2.45) is 0 Å². The molecule has 5 nitrogen and oxygen atoms in total. The quantitative estimate of drug-likeness (QED) is 0.740. The number of rotatable bonds is 3. The van der Waals surface area contributed by atoms with Crippen molar-refractivity contribution in [3.63, 3.8) is 0 Å². The van der Waals surface area contributed by atoms with Crippen LogP contribution in [0.5, 0.6) is 0 Å². The molecule has 2 saturated heterocycles. The summed E-state index contributed by atoms with van der Waals surface area (Å²) in [5.41, 5.74) is -0.567. The fourth-order valence-corrected chi connectivity index (χ4v) is 3.05. The van der Waals surface area contributed by atoms with Crippen molar-refractivity contribution in [2.45, 2.75) is 38.3 Å². The monoisotopic (exact) mass is 256 g/mol. The van der Waals surface area contributed by atoms with Crippen LogP contribution in [0.25, 0.3) is 0 Å². The highest BCUT2D eigenvalue weighted by molar-refractivity contribution is 5.82. The zero-order valence-corrected chi connectivity index (χ0v) is 11.4. The molecular weight excluding hydrogens is 232 g/mol. The molecule has 2 rings (SSSR count). The van der Waals surface area contributed by atoms with Gasteiger partial charge in [0.05, 0.1) is 12.7 Å². The van der Waals surface area contributed by atoms with Gasteiger partial charge in [-0.2, -0.15) is 0 Å². The number of hydrogen-bond acceptors (Lipinski definition) is 5. The van der Waals surface area contributed by atoms with Crippen molar-refractivity contribution in [2.75, 3.05) is 39.4 Å². The molecule has 0 amide bonds. The average Bonchev–Trinajstić information content (AvgIpc) is 2.59. The van der Waals surface area contributed by atoms with Gasteiger partial charge in [0.1, 0.15) is 5.54 Å². The Balaban J connectivity index is 2.20. The predicted molar refractivity (Wildman–Crippen MR) is 68.5 cm³/mol. The number of carbonyl (C=O) groups excluding carboxylic acids is 1. The van der Waals surface area contributed by atoms with Crippen LogP contribution in [0.1, 0.15) is 26.7 Å². The van der Waals surface area contributed by atoms with Crippen LogP contribution in [0.2, 0.25) is 0 Å². The molecule has 2 aliphatic heterocycles. The standard InChI is InChI=1S/C13H24N2O3/c1-3-17-12(16)13(5-10-18-11(13)2)15-8-4-6-14-7-9-15/h11,14H,3-10H2,1-2H3. The number of nitrogens with one attached hydrogen (secondary N) is 1. The van der Waals surface area contributed by atoms with Crippen LogP contribution in [0.3, 0.4) is 0 Å². The Labute approximate surface area is 109 Å². The molecule has 2 aliphatic rings. The lowest BCUT2D eigenvalue weighted by Crippen LogP contribution is -2.60. The molecule has 0 aliphatic carbocycles. The molecule has 0 saturated carbocycles. The molecule has 0 bridgehead atoms. The maximum Gasteiger partial charge on any atom is 0.329 e. The minimum atomic E-state index is -0.567. The summed E-state index contributed by atoms with van der Waals surface area (Å²) in [4.78, 5) is 14.7. The highest BCUT2D eigenvalue weighted by atomic mass is 16.5. The number of carbonyl (C=O) groups is 1. The van der Waals surface area contributed by atoms with Gasteiger partial charge in [-0.25, -0.2) is 4.79 Å². The van der Waals surface area contributed by atoms with Gasteiger partial charge in [0.2, 0.25) is 0 Å². The van der Waals surface area contributed by atoms with Crippen LogP contribution in [-0.2, 0) is 14.3 Å². The first-order chi connectivity index (χ1) is 8.71. The second kappa shape index (κ2) is 5.99. The minimum Gasteiger partial charge on any atom is -0.465 e. The molecule has 0 aromatic rings. The van der Waals surface area contributed by atoms with E-state index in [1.807, 2.05) is 13.8 Å². The lowest BCUT2D eigenvalue weighted by Gasteiger charge is -2.40. The molecule has 2 heterocycles. The third-order valence-corrected chi connectivity index (χ3v) is 4.06. The fourth-order valence-electron chi connectivity index (χ4n) is 3.05. The highest BCUT2D eigenvalue weighted by Gasteiger charge is 2.53. The number of esters is 1. The van der Waals surface area contributed by atoms with Gasteiger partial charge in [-0.1, -0.05) is 0 Å². The number of ether oxygens (including phenoxy) is 2. The maximum atomic E-state index is 12.4. The molecule has 2 atom stereocenters. The van der Waals surface area contributed by atoms with Crippen molar-refractivity contribution >= 4 is 5.97 Å². The maximum absolute atomic E-state index is 12.4. The normalized spacial score (nSPS) is 34.2. The Morgan fingerprint density at radius 3 is 3.00 bits per heavy atom. The molecule has 1 N–H and O–H groups in total. The summed E-state index contributed by atoms with van der Waals surface area (Å²) < 4.78 is 11.0. The van der Waals surface area contributed by atoms with Gasteiger partial charge in [0, 0.05) is 32.7 Å². The van der Waals surface area contributed by atoms with Crippen LogP contribution < -0.4 is 5.32 Å². The first kappa shape index (κ1) is 13.8. The zero-order chi connectivity index (χ0) is 13.0. The minimum absolute atomic E-state index is 0.0883. The number of hydrogen-bond donors (Lipinski definition) is 1. The van der Waals surface area contributed by atoms with E-state index >= 15 is 0 Å². The molecule has 0 radical (unpaired) electrons. The lowest BCUT2D eigenvalue weighted by atomic mass is 9.89. The summed E-state index contributed by atoms with van der Waals surface area (Å²) in [6.45, 7) is 8.67. The molecule has 0 aromatic heterocycles. The molecule has 0 aromatic carbocycles. The van der Waals surface area contributed by atoms with Crippen molar-refractivity contribution in [3.8, 4) is 0 Å². The van der Waals surface area contributed by atoms with E-state index in [0.717, 1.165) is 39.0 Å². The first-order valence-corrected chi connectivity index (χ1v) is 6.96. The van der Waals surface area contributed by atoms with Crippen molar-refractivity contribution in [1.82, 2.24) is 10.2 Å². The molecule has 2 unspecified atom stereocenters.